The predicted molar refractivity (Wildman–Crippen MR) is 115 cm³/mol. The molecule has 0 aliphatic carbocycles. The molecule has 1 N–H and O–H groups in total. The Morgan fingerprint density at radius 1 is 1.13 bits per heavy atom. The van der Waals surface area contributed by atoms with E-state index in [2.05, 4.69) is 25.0 Å². The van der Waals surface area contributed by atoms with Crippen LogP contribution in [0.4, 0.5) is 5.00 Å². The highest BCUT2D eigenvalue weighted by Crippen LogP contribution is 2.33. The van der Waals surface area contributed by atoms with Gasteiger partial charge in [0, 0.05) is 26.2 Å². The molecule has 9 nitrogen and oxygen atoms in total. The number of imidazole rings is 1. The van der Waals surface area contributed by atoms with Crippen molar-refractivity contribution in [2.24, 2.45) is 0 Å². The van der Waals surface area contributed by atoms with Gasteiger partial charge >= 0.3 is 0 Å². The zero-order chi connectivity index (χ0) is 20.7. The number of para-hydroxylation sites is 2. The Bertz CT molecular complexity index is 1170. The fourth-order valence-corrected chi connectivity index (χ4v) is 4.64. The van der Waals surface area contributed by atoms with Crippen LogP contribution >= 0.6 is 11.3 Å². The van der Waals surface area contributed by atoms with Crippen molar-refractivity contribution < 1.29 is 4.79 Å². The highest BCUT2D eigenvalue weighted by Gasteiger charge is 2.25. The van der Waals surface area contributed by atoms with Crippen LogP contribution in [0, 0.1) is 13.8 Å². The number of H-pyrrole nitrogens is 1. The van der Waals surface area contributed by atoms with Crippen molar-refractivity contribution >= 4 is 33.3 Å². The Kier molecular flexibility index (Phi) is 4.70. The summed E-state index contributed by atoms with van der Waals surface area (Å²) in [5.41, 5.74) is 4.65. The molecule has 1 aromatic carbocycles. The maximum Gasteiger partial charge on any atom is 0.244 e. The van der Waals surface area contributed by atoms with E-state index in [-0.39, 0.29) is 12.5 Å². The molecule has 1 fully saturated rings. The summed E-state index contributed by atoms with van der Waals surface area (Å²) >= 11 is 1.61. The van der Waals surface area contributed by atoms with E-state index in [9.17, 15) is 4.79 Å². The predicted octanol–water partition coefficient (Wildman–Crippen LogP) is 2.24. The monoisotopic (exact) mass is 422 g/mol. The first-order chi connectivity index (χ1) is 14.6. The molecule has 1 saturated heterocycles. The third kappa shape index (κ3) is 3.43. The van der Waals surface area contributed by atoms with Crippen molar-refractivity contribution in [3.8, 4) is 11.5 Å². The van der Waals surface area contributed by atoms with Crippen molar-refractivity contribution in [3.05, 3.63) is 41.4 Å². The molecular weight excluding hydrogens is 400 g/mol. The van der Waals surface area contributed by atoms with E-state index in [1.807, 2.05) is 48.5 Å². The molecule has 30 heavy (non-hydrogen) atoms. The second-order valence-electron chi connectivity index (χ2n) is 7.34. The number of fused-ring (bicyclic) bond motifs is 1. The number of aromatic amines is 1. The summed E-state index contributed by atoms with van der Waals surface area (Å²) in [5.74, 6) is 2.31. The average Bonchev–Trinajstić information content (AvgIpc) is 3.46. The molecule has 1 amide bonds. The SMILES string of the molecule is Cc1nc(C)n(CC(=O)N2CCN(c3scnc3-c3nc4ccccc4[nH]3)CC2)n1. The molecule has 0 saturated carbocycles. The molecule has 3 aromatic heterocycles. The number of piperazine rings is 1. The summed E-state index contributed by atoms with van der Waals surface area (Å²) in [7, 11) is 0. The number of carbonyl (C=O) groups excluding carboxylic acids is 1. The molecular formula is C20H22N8OS. The van der Waals surface area contributed by atoms with E-state index < -0.39 is 0 Å². The molecule has 0 atom stereocenters. The number of nitrogens with zero attached hydrogens (tertiary/aromatic N) is 7. The van der Waals surface area contributed by atoms with Gasteiger partial charge in [-0.25, -0.2) is 19.6 Å². The van der Waals surface area contributed by atoms with Crippen LogP contribution in [-0.2, 0) is 11.3 Å². The maximum atomic E-state index is 12.7. The van der Waals surface area contributed by atoms with Crippen LogP contribution in [-0.4, -0.2) is 66.7 Å². The van der Waals surface area contributed by atoms with Gasteiger partial charge in [0.25, 0.3) is 0 Å². The number of rotatable bonds is 4. The summed E-state index contributed by atoms with van der Waals surface area (Å²) in [5, 5.41) is 5.38. The second kappa shape index (κ2) is 7.52. The molecule has 5 rings (SSSR count). The van der Waals surface area contributed by atoms with Gasteiger partial charge in [0.15, 0.2) is 5.82 Å². The lowest BCUT2D eigenvalue weighted by Gasteiger charge is -2.35. The van der Waals surface area contributed by atoms with Crippen molar-refractivity contribution in [1.29, 1.82) is 0 Å². The van der Waals surface area contributed by atoms with Crippen LogP contribution in [0.5, 0.6) is 0 Å². The van der Waals surface area contributed by atoms with Crippen LogP contribution in [0.2, 0.25) is 0 Å². The minimum Gasteiger partial charge on any atom is -0.358 e. The van der Waals surface area contributed by atoms with E-state index in [4.69, 9.17) is 4.98 Å². The summed E-state index contributed by atoms with van der Waals surface area (Å²) in [6.45, 7) is 6.80. The third-order valence-corrected chi connectivity index (χ3v) is 6.22. The lowest BCUT2D eigenvalue weighted by molar-refractivity contribution is -0.132. The average molecular weight is 423 g/mol. The lowest BCUT2D eigenvalue weighted by Crippen LogP contribution is -2.49. The van der Waals surface area contributed by atoms with Crippen molar-refractivity contribution in [1.82, 2.24) is 34.6 Å². The standard InChI is InChI=1S/C20H22N8OS/c1-13-22-14(2)28(25-13)11-17(29)26-7-9-27(10-8-26)20-18(21-12-30-20)19-23-15-5-3-4-6-16(15)24-19/h3-6,12H,7-11H2,1-2H3,(H,23,24). The topological polar surface area (TPSA) is 95.8 Å². The Balaban J connectivity index is 1.28. The zero-order valence-corrected chi connectivity index (χ0v) is 17.7. The number of nitrogens with one attached hydrogen (secondary N) is 1. The third-order valence-electron chi connectivity index (χ3n) is 5.33. The summed E-state index contributed by atoms with van der Waals surface area (Å²) in [6.07, 6.45) is 0. The fourth-order valence-electron chi connectivity index (χ4n) is 3.79. The van der Waals surface area contributed by atoms with Gasteiger partial charge < -0.3 is 14.8 Å². The van der Waals surface area contributed by atoms with Gasteiger partial charge in [0.1, 0.15) is 28.9 Å². The van der Waals surface area contributed by atoms with Gasteiger partial charge in [-0.3, -0.25) is 4.79 Å². The zero-order valence-electron chi connectivity index (χ0n) is 16.9. The molecule has 0 unspecified atom stereocenters. The van der Waals surface area contributed by atoms with Gasteiger partial charge in [-0.2, -0.15) is 5.10 Å². The first kappa shape index (κ1) is 18.7. The molecule has 10 heteroatoms. The molecule has 0 bridgehead atoms. The molecule has 0 radical (unpaired) electrons. The number of benzene rings is 1. The van der Waals surface area contributed by atoms with Gasteiger partial charge in [-0.05, 0) is 26.0 Å². The number of hydrogen-bond donors (Lipinski definition) is 1. The highest BCUT2D eigenvalue weighted by molar-refractivity contribution is 7.14. The van der Waals surface area contributed by atoms with Gasteiger partial charge in [0.05, 0.1) is 16.5 Å². The lowest BCUT2D eigenvalue weighted by atomic mass is 10.3. The van der Waals surface area contributed by atoms with Crippen LogP contribution in [0.3, 0.4) is 0 Å². The molecule has 4 aromatic rings. The second-order valence-corrected chi connectivity index (χ2v) is 8.17. The first-order valence-corrected chi connectivity index (χ1v) is 10.8. The van der Waals surface area contributed by atoms with Gasteiger partial charge in [-0.15, -0.1) is 11.3 Å². The smallest absolute Gasteiger partial charge is 0.244 e. The quantitative estimate of drug-likeness (QED) is 0.542. The summed E-state index contributed by atoms with van der Waals surface area (Å²) in [6, 6.07) is 7.97. The highest BCUT2D eigenvalue weighted by atomic mass is 32.1. The van der Waals surface area contributed by atoms with Crippen molar-refractivity contribution in [2.45, 2.75) is 20.4 Å². The molecule has 4 heterocycles. The number of thiazole rings is 1. The van der Waals surface area contributed by atoms with Gasteiger partial charge in [0.2, 0.25) is 5.91 Å². The molecule has 1 aliphatic heterocycles. The number of aromatic nitrogens is 6. The Morgan fingerprint density at radius 2 is 1.93 bits per heavy atom. The fraction of sp³-hybridized carbons (Fsp3) is 0.350. The Hall–Kier alpha value is -3.27. The normalized spacial score (nSPS) is 14.6. The minimum absolute atomic E-state index is 0.0736. The number of hydrogen-bond acceptors (Lipinski definition) is 7. The summed E-state index contributed by atoms with van der Waals surface area (Å²) < 4.78 is 1.67. The molecule has 154 valence electrons. The molecule has 1 aliphatic rings. The maximum absolute atomic E-state index is 12.7. The van der Waals surface area contributed by atoms with Crippen LogP contribution in [0.15, 0.2) is 29.8 Å². The van der Waals surface area contributed by atoms with E-state index in [0.717, 1.165) is 46.5 Å². The number of carbonyl (C=O) groups is 1. The van der Waals surface area contributed by atoms with Crippen LogP contribution in [0.1, 0.15) is 11.6 Å². The Labute approximate surface area is 177 Å². The van der Waals surface area contributed by atoms with E-state index >= 15 is 0 Å². The van der Waals surface area contributed by atoms with E-state index in [1.165, 1.54) is 0 Å². The van der Waals surface area contributed by atoms with E-state index in [0.29, 0.717) is 18.9 Å². The number of amides is 1. The first-order valence-electron chi connectivity index (χ1n) is 9.88. The van der Waals surface area contributed by atoms with Crippen molar-refractivity contribution in [3.63, 3.8) is 0 Å². The molecule has 0 spiro atoms. The minimum atomic E-state index is 0.0736. The number of aryl methyl sites for hydroxylation is 2. The van der Waals surface area contributed by atoms with Crippen molar-refractivity contribution in [2.75, 3.05) is 31.1 Å². The van der Waals surface area contributed by atoms with E-state index in [1.54, 1.807) is 16.0 Å². The summed E-state index contributed by atoms with van der Waals surface area (Å²) in [4.78, 5) is 33.8. The van der Waals surface area contributed by atoms with Crippen LogP contribution < -0.4 is 4.90 Å². The van der Waals surface area contributed by atoms with Gasteiger partial charge in [-0.1, -0.05) is 12.1 Å². The number of anilines is 1. The largest absolute Gasteiger partial charge is 0.358 e. The Morgan fingerprint density at radius 3 is 2.67 bits per heavy atom. The van der Waals surface area contributed by atoms with Crippen LogP contribution in [0.25, 0.3) is 22.6 Å².